The first-order chi connectivity index (χ1) is 6.22. The molecule has 0 radical (unpaired) electrons. The van der Waals surface area contributed by atoms with Crippen LogP contribution in [0.5, 0.6) is 0 Å². The predicted molar refractivity (Wildman–Crippen MR) is 53.7 cm³/mol. The minimum absolute atomic E-state index is 0.0225. The Kier molecular flexibility index (Phi) is 2.12. The quantitative estimate of drug-likeness (QED) is 0.639. The second-order valence-corrected chi connectivity index (χ2v) is 4.00. The maximum absolute atomic E-state index is 5.81. The van der Waals surface area contributed by atoms with Crippen molar-refractivity contribution in [2.75, 3.05) is 6.61 Å². The molecule has 0 N–H and O–H groups in total. The first kappa shape index (κ1) is 8.76. The summed E-state index contributed by atoms with van der Waals surface area (Å²) in [4.78, 5) is 0. The third-order valence-electron chi connectivity index (χ3n) is 2.93. The van der Waals surface area contributed by atoms with E-state index in [9.17, 15) is 0 Å². The van der Waals surface area contributed by atoms with Gasteiger partial charge in [-0.05, 0) is 37.8 Å². The fourth-order valence-corrected chi connectivity index (χ4v) is 2.16. The van der Waals surface area contributed by atoms with Gasteiger partial charge in [-0.25, -0.2) is 0 Å². The molecule has 1 aliphatic heterocycles. The summed E-state index contributed by atoms with van der Waals surface area (Å²) in [6.07, 6.45) is 2.34. The summed E-state index contributed by atoms with van der Waals surface area (Å²) in [6, 6.07) is 8.51. The Bertz CT molecular complexity index is 298. The zero-order valence-electron chi connectivity index (χ0n) is 8.34. The van der Waals surface area contributed by atoms with Crippen molar-refractivity contribution in [2.45, 2.75) is 32.3 Å². The Morgan fingerprint density at radius 1 is 1.31 bits per heavy atom. The Labute approximate surface area is 79.7 Å². The van der Waals surface area contributed by atoms with E-state index in [1.165, 1.54) is 17.5 Å². The minimum Gasteiger partial charge on any atom is -0.371 e. The Morgan fingerprint density at radius 3 is 2.69 bits per heavy atom. The lowest BCUT2D eigenvalue weighted by Gasteiger charge is -2.25. The number of ether oxygens (including phenoxy) is 1. The highest BCUT2D eigenvalue weighted by Gasteiger charge is 2.32. The molecule has 0 unspecified atom stereocenters. The summed E-state index contributed by atoms with van der Waals surface area (Å²) >= 11 is 0. The van der Waals surface area contributed by atoms with Gasteiger partial charge in [0.15, 0.2) is 0 Å². The first-order valence-corrected chi connectivity index (χ1v) is 4.92. The van der Waals surface area contributed by atoms with Gasteiger partial charge in [-0.15, -0.1) is 0 Å². The van der Waals surface area contributed by atoms with Gasteiger partial charge in [0.2, 0.25) is 0 Å². The van der Waals surface area contributed by atoms with Crippen molar-refractivity contribution in [3.8, 4) is 0 Å². The molecule has 1 atom stereocenters. The highest BCUT2D eigenvalue weighted by molar-refractivity contribution is 5.31. The van der Waals surface area contributed by atoms with Gasteiger partial charge in [0, 0.05) is 6.61 Å². The van der Waals surface area contributed by atoms with Crippen LogP contribution in [-0.2, 0) is 10.3 Å². The largest absolute Gasteiger partial charge is 0.371 e. The zero-order chi connectivity index (χ0) is 9.31. The van der Waals surface area contributed by atoms with E-state index in [2.05, 4.69) is 38.1 Å². The SMILES string of the molecule is Cc1ccccc1[C@@]1(C)CCCO1. The van der Waals surface area contributed by atoms with Gasteiger partial charge < -0.3 is 4.74 Å². The van der Waals surface area contributed by atoms with Gasteiger partial charge >= 0.3 is 0 Å². The molecule has 0 bridgehead atoms. The van der Waals surface area contributed by atoms with Gasteiger partial charge in [0.05, 0.1) is 5.60 Å². The van der Waals surface area contributed by atoms with Crippen molar-refractivity contribution < 1.29 is 4.74 Å². The highest BCUT2D eigenvalue weighted by atomic mass is 16.5. The summed E-state index contributed by atoms with van der Waals surface area (Å²) in [5.41, 5.74) is 2.67. The molecule has 0 aromatic heterocycles. The summed E-state index contributed by atoms with van der Waals surface area (Å²) < 4.78 is 5.81. The first-order valence-electron chi connectivity index (χ1n) is 4.92. The fraction of sp³-hybridized carbons (Fsp3) is 0.500. The van der Waals surface area contributed by atoms with Gasteiger partial charge in [0.25, 0.3) is 0 Å². The molecule has 1 aromatic rings. The molecule has 1 aliphatic rings. The van der Waals surface area contributed by atoms with Crippen LogP contribution in [0.25, 0.3) is 0 Å². The number of benzene rings is 1. The van der Waals surface area contributed by atoms with Crippen LogP contribution in [-0.4, -0.2) is 6.61 Å². The van der Waals surface area contributed by atoms with Crippen molar-refractivity contribution in [1.29, 1.82) is 0 Å². The highest BCUT2D eigenvalue weighted by Crippen LogP contribution is 2.36. The van der Waals surface area contributed by atoms with E-state index < -0.39 is 0 Å². The fourth-order valence-electron chi connectivity index (χ4n) is 2.16. The molecular weight excluding hydrogens is 160 g/mol. The van der Waals surface area contributed by atoms with E-state index in [1.54, 1.807) is 0 Å². The maximum Gasteiger partial charge on any atom is 0.0906 e. The third kappa shape index (κ3) is 1.49. The van der Waals surface area contributed by atoms with Crippen LogP contribution < -0.4 is 0 Å². The number of rotatable bonds is 1. The zero-order valence-corrected chi connectivity index (χ0v) is 8.34. The van der Waals surface area contributed by atoms with Crippen molar-refractivity contribution in [3.63, 3.8) is 0 Å². The Hall–Kier alpha value is -0.820. The minimum atomic E-state index is -0.0225. The summed E-state index contributed by atoms with van der Waals surface area (Å²) in [5, 5.41) is 0. The standard InChI is InChI=1S/C12H16O/c1-10-6-3-4-7-11(10)12(2)8-5-9-13-12/h3-4,6-7H,5,8-9H2,1-2H3/t12-/m1/s1. The third-order valence-corrected chi connectivity index (χ3v) is 2.93. The van der Waals surface area contributed by atoms with E-state index in [-0.39, 0.29) is 5.60 Å². The summed E-state index contributed by atoms with van der Waals surface area (Å²) in [7, 11) is 0. The van der Waals surface area contributed by atoms with Gasteiger partial charge in [0.1, 0.15) is 0 Å². The van der Waals surface area contributed by atoms with E-state index in [4.69, 9.17) is 4.74 Å². The second kappa shape index (κ2) is 3.15. The van der Waals surface area contributed by atoms with Gasteiger partial charge in [-0.2, -0.15) is 0 Å². The lowest BCUT2D eigenvalue weighted by atomic mass is 9.90. The van der Waals surface area contributed by atoms with E-state index in [0.29, 0.717) is 0 Å². The van der Waals surface area contributed by atoms with E-state index >= 15 is 0 Å². The molecule has 70 valence electrons. The van der Waals surface area contributed by atoms with Gasteiger partial charge in [-0.1, -0.05) is 24.3 Å². The molecule has 1 fully saturated rings. The lowest BCUT2D eigenvalue weighted by molar-refractivity contribution is 0.0163. The second-order valence-electron chi connectivity index (χ2n) is 4.00. The van der Waals surface area contributed by atoms with Crippen LogP contribution in [0.4, 0.5) is 0 Å². The van der Waals surface area contributed by atoms with Crippen LogP contribution in [0.3, 0.4) is 0 Å². The van der Waals surface area contributed by atoms with Crippen LogP contribution >= 0.6 is 0 Å². The number of aryl methyl sites for hydroxylation is 1. The smallest absolute Gasteiger partial charge is 0.0906 e. The average molecular weight is 176 g/mol. The molecule has 1 heteroatoms. The molecular formula is C12H16O. The monoisotopic (exact) mass is 176 g/mol. The Balaban J connectivity index is 2.39. The van der Waals surface area contributed by atoms with Crippen molar-refractivity contribution in [2.24, 2.45) is 0 Å². The molecule has 1 aromatic carbocycles. The number of hydrogen-bond acceptors (Lipinski definition) is 1. The normalized spacial score (nSPS) is 27.8. The predicted octanol–water partition coefficient (Wildman–Crippen LogP) is 3.02. The molecule has 0 saturated carbocycles. The molecule has 13 heavy (non-hydrogen) atoms. The molecule has 0 spiro atoms. The van der Waals surface area contributed by atoms with Crippen LogP contribution in [0.15, 0.2) is 24.3 Å². The van der Waals surface area contributed by atoms with Crippen LogP contribution in [0.1, 0.15) is 30.9 Å². The van der Waals surface area contributed by atoms with E-state index in [0.717, 1.165) is 13.0 Å². The summed E-state index contributed by atoms with van der Waals surface area (Å²) in [5.74, 6) is 0. The molecule has 1 saturated heterocycles. The summed E-state index contributed by atoms with van der Waals surface area (Å²) in [6.45, 7) is 5.26. The molecule has 1 nitrogen and oxygen atoms in total. The lowest BCUT2D eigenvalue weighted by Crippen LogP contribution is -2.20. The molecule has 2 rings (SSSR count). The molecule has 0 aliphatic carbocycles. The van der Waals surface area contributed by atoms with Crippen molar-refractivity contribution >= 4 is 0 Å². The van der Waals surface area contributed by atoms with Gasteiger partial charge in [-0.3, -0.25) is 0 Å². The van der Waals surface area contributed by atoms with Crippen LogP contribution in [0.2, 0.25) is 0 Å². The molecule has 1 heterocycles. The topological polar surface area (TPSA) is 9.23 Å². The van der Waals surface area contributed by atoms with Crippen LogP contribution in [0, 0.1) is 6.92 Å². The Morgan fingerprint density at radius 2 is 2.08 bits per heavy atom. The maximum atomic E-state index is 5.81. The van der Waals surface area contributed by atoms with E-state index in [1.807, 2.05) is 0 Å². The van der Waals surface area contributed by atoms with Crippen molar-refractivity contribution in [3.05, 3.63) is 35.4 Å². The average Bonchev–Trinajstić information content (AvgIpc) is 2.54. The number of hydrogen-bond donors (Lipinski definition) is 0. The molecule has 0 amide bonds. The van der Waals surface area contributed by atoms with Crippen molar-refractivity contribution in [1.82, 2.24) is 0 Å².